The Morgan fingerprint density at radius 2 is 1.41 bits per heavy atom. The molecule has 1 fully saturated rings. The molecule has 2 amide bonds. The largest absolute Gasteiger partial charge is 0.368 e. The molecule has 0 bridgehead atoms. The first kappa shape index (κ1) is 21.6. The molecule has 1 aliphatic heterocycles. The summed E-state index contributed by atoms with van der Waals surface area (Å²) in [5.74, 6) is -0.452. The van der Waals surface area contributed by atoms with Gasteiger partial charge in [-0.25, -0.2) is 4.39 Å². The summed E-state index contributed by atoms with van der Waals surface area (Å²) in [6.45, 7) is 2.54. The van der Waals surface area contributed by atoms with Crippen LogP contribution >= 0.6 is 0 Å². The van der Waals surface area contributed by atoms with Crippen LogP contribution in [0.2, 0.25) is 0 Å². The minimum absolute atomic E-state index is 0.00553. The van der Waals surface area contributed by atoms with Gasteiger partial charge in [0.2, 0.25) is 5.91 Å². The van der Waals surface area contributed by atoms with Crippen LogP contribution in [0.25, 0.3) is 0 Å². The molecule has 0 spiro atoms. The minimum Gasteiger partial charge on any atom is -0.368 e. The summed E-state index contributed by atoms with van der Waals surface area (Å²) in [5.41, 5.74) is 2.42. The molecule has 32 heavy (non-hydrogen) atoms. The summed E-state index contributed by atoms with van der Waals surface area (Å²) in [6.07, 6.45) is 0.194. The number of hydrogen-bond donors (Lipinski definition) is 1. The highest BCUT2D eigenvalue weighted by molar-refractivity contribution is 5.94. The average Bonchev–Trinajstić information content (AvgIpc) is 2.85. The Kier molecular flexibility index (Phi) is 6.80. The lowest BCUT2D eigenvalue weighted by Gasteiger charge is -2.36. The van der Waals surface area contributed by atoms with Crippen LogP contribution < -0.4 is 10.2 Å². The molecular weight excluding hydrogens is 405 g/mol. The van der Waals surface area contributed by atoms with Crippen molar-refractivity contribution in [2.75, 3.05) is 31.1 Å². The number of anilines is 1. The lowest BCUT2D eigenvalue weighted by molar-refractivity contribution is -0.132. The second kappa shape index (κ2) is 10.1. The van der Waals surface area contributed by atoms with Crippen LogP contribution in [0.3, 0.4) is 0 Å². The van der Waals surface area contributed by atoms with E-state index in [0.29, 0.717) is 31.7 Å². The van der Waals surface area contributed by atoms with Crippen LogP contribution in [0.15, 0.2) is 84.9 Å². The van der Waals surface area contributed by atoms with Gasteiger partial charge >= 0.3 is 0 Å². The SMILES string of the molecule is O=C(N[C@H](CC(=O)N1CCN(c2ccc(F)cc2)CC1)c1ccccc1)c1ccccc1. The van der Waals surface area contributed by atoms with Gasteiger partial charge in [0, 0.05) is 37.4 Å². The lowest BCUT2D eigenvalue weighted by Crippen LogP contribution is -2.49. The Hall–Kier alpha value is -3.67. The maximum Gasteiger partial charge on any atom is 0.251 e. The molecule has 164 valence electrons. The summed E-state index contributed by atoms with van der Waals surface area (Å²) in [7, 11) is 0. The van der Waals surface area contributed by atoms with E-state index in [1.165, 1.54) is 12.1 Å². The van der Waals surface area contributed by atoms with Crippen molar-refractivity contribution < 1.29 is 14.0 Å². The number of carbonyl (C=O) groups excluding carboxylic acids is 2. The maximum absolute atomic E-state index is 13.2. The van der Waals surface area contributed by atoms with E-state index in [9.17, 15) is 14.0 Å². The zero-order valence-electron chi connectivity index (χ0n) is 17.8. The number of amides is 2. The second-order valence-electron chi connectivity index (χ2n) is 7.85. The Morgan fingerprint density at radius 3 is 2.03 bits per heavy atom. The van der Waals surface area contributed by atoms with Gasteiger partial charge in [-0.15, -0.1) is 0 Å². The van der Waals surface area contributed by atoms with E-state index >= 15 is 0 Å². The maximum atomic E-state index is 13.2. The van der Waals surface area contributed by atoms with Gasteiger partial charge in [0.1, 0.15) is 5.82 Å². The summed E-state index contributed by atoms with van der Waals surface area (Å²) >= 11 is 0. The highest BCUT2D eigenvalue weighted by Crippen LogP contribution is 2.21. The van der Waals surface area contributed by atoms with Crippen LogP contribution in [0.4, 0.5) is 10.1 Å². The van der Waals surface area contributed by atoms with Crippen LogP contribution in [0.1, 0.15) is 28.4 Å². The molecule has 0 unspecified atom stereocenters. The number of piperazine rings is 1. The standard InChI is InChI=1S/C26H26FN3O2/c27-22-11-13-23(14-12-22)29-15-17-30(18-16-29)25(31)19-24(20-7-3-1-4-8-20)28-26(32)21-9-5-2-6-10-21/h1-14,24H,15-19H2,(H,28,32)/t24-/m1/s1. The zero-order valence-corrected chi connectivity index (χ0v) is 17.8. The number of halogens is 1. The van der Waals surface area contributed by atoms with E-state index in [0.717, 1.165) is 11.3 Å². The molecule has 1 saturated heterocycles. The fraction of sp³-hybridized carbons (Fsp3) is 0.231. The van der Waals surface area contributed by atoms with Gasteiger partial charge in [0.05, 0.1) is 12.5 Å². The highest BCUT2D eigenvalue weighted by atomic mass is 19.1. The van der Waals surface area contributed by atoms with Crippen LogP contribution in [-0.2, 0) is 4.79 Å². The van der Waals surface area contributed by atoms with Gasteiger partial charge in [-0.05, 0) is 42.0 Å². The molecule has 1 heterocycles. The van der Waals surface area contributed by atoms with E-state index in [4.69, 9.17) is 0 Å². The van der Waals surface area contributed by atoms with Crippen LogP contribution in [-0.4, -0.2) is 42.9 Å². The van der Waals surface area contributed by atoms with Crippen molar-refractivity contribution in [1.82, 2.24) is 10.2 Å². The van der Waals surface area contributed by atoms with E-state index in [1.54, 1.807) is 24.3 Å². The molecule has 0 aliphatic carbocycles. The highest BCUT2D eigenvalue weighted by Gasteiger charge is 2.25. The number of hydrogen-bond acceptors (Lipinski definition) is 3. The normalized spacial score (nSPS) is 14.7. The molecule has 0 aromatic heterocycles. The first-order chi connectivity index (χ1) is 15.6. The van der Waals surface area contributed by atoms with E-state index in [-0.39, 0.29) is 24.1 Å². The molecule has 3 aromatic rings. The second-order valence-corrected chi connectivity index (χ2v) is 7.85. The smallest absolute Gasteiger partial charge is 0.251 e. The third-order valence-electron chi connectivity index (χ3n) is 5.75. The average molecular weight is 432 g/mol. The van der Waals surface area contributed by atoms with E-state index in [2.05, 4.69) is 10.2 Å². The quantitative estimate of drug-likeness (QED) is 0.641. The minimum atomic E-state index is -0.411. The number of nitrogens with one attached hydrogen (secondary N) is 1. The predicted molar refractivity (Wildman–Crippen MR) is 123 cm³/mol. The summed E-state index contributed by atoms with van der Waals surface area (Å²) in [4.78, 5) is 29.8. The van der Waals surface area contributed by atoms with Crippen molar-refractivity contribution in [2.45, 2.75) is 12.5 Å². The third-order valence-corrected chi connectivity index (χ3v) is 5.75. The lowest BCUT2D eigenvalue weighted by atomic mass is 10.0. The Balaban J connectivity index is 1.40. The van der Waals surface area contributed by atoms with Crippen molar-refractivity contribution in [3.8, 4) is 0 Å². The molecule has 0 radical (unpaired) electrons. The Morgan fingerprint density at radius 1 is 0.812 bits per heavy atom. The number of rotatable bonds is 6. The van der Waals surface area contributed by atoms with Gasteiger partial charge in [0.15, 0.2) is 0 Å². The molecule has 5 nitrogen and oxygen atoms in total. The molecule has 1 N–H and O–H groups in total. The van der Waals surface area contributed by atoms with Crippen molar-refractivity contribution >= 4 is 17.5 Å². The van der Waals surface area contributed by atoms with Gasteiger partial charge in [-0.3, -0.25) is 9.59 Å². The van der Waals surface area contributed by atoms with Gasteiger partial charge < -0.3 is 15.1 Å². The van der Waals surface area contributed by atoms with Gasteiger partial charge in [0.25, 0.3) is 5.91 Å². The summed E-state index contributed by atoms with van der Waals surface area (Å²) in [6, 6.07) is 24.6. The fourth-order valence-electron chi connectivity index (χ4n) is 3.94. The monoisotopic (exact) mass is 431 g/mol. The number of carbonyl (C=O) groups is 2. The molecular formula is C26H26FN3O2. The first-order valence-corrected chi connectivity index (χ1v) is 10.8. The number of benzene rings is 3. The number of nitrogens with zero attached hydrogens (tertiary/aromatic N) is 2. The van der Waals surface area contributed by atoms with Crippen molar-refractivity contribution in [3.05, 3.63) is 102 Å². The topological polar surface area (TPSA) is 52.7 Å². The predicted octanol–water partition coefficient (Wildman–Crippen LogP) is 4.04. The molecule has 0 saturated carbocycles. The van der Waals surface area contributed by atoms with Crippen molar-refractivity contribution in [2.24, 2.45) is 0 Å². The zero-order chi connectivity index (χ0) is 22.3. The summed E-state index contributed by atoms with van der Waals surface area (Å²) in [5, 5.41) is 3.03. The third kappa shape index (κ3) is 5.32. The molecule has 1 aliphatic rings. The molecule has 1 atom stereocenters. The molecule has 3 aromatic carbocycles. The van der Waals surface area contributed by atoms with Gasteiger partial charge in [-0.1, -0.05) is 48.5 Å². The van der Waals surface area contributed by atoms with E-state index in [1.807, 2.05) is 53.4 Å². The van der Waals surface area contributed by atoms with E-state index < -0.39 is 6.04 Å². The van der Waals surface area contributed by atoms with Crippen LogP contribution in [0, 0.1) is 5.82 Å². The fourth-order valence-corrected chi connectivity index (χ4v) is 3.94. The Bertz CT molecular complexity index is 1030. The molecule has 6 heteroatoms. The van der Waals surface area contributed by atoms with Crippen LogP contribution in [0.5, 0.6) is 0 Å². The Labute approximate surface area is 187 Å². The van der Waals surface area contributed by atoms with Crippen molar-refractivity contribution in [1.29, 1.82) is 0 Å². The first-order valence-electron chi connectivity index (χ1n) is 10.8. The molecule has 4 rings (SSSR count). The van der Waals surface area contributed by atoms with Crippen molar-refractivity contribution in [3.63, 3.8) is 0 Å². The summed E-state index contributed by atoms with van der Waals surface area (Å²) < 4.78 is 13.2. The van der Waals surface area contributed by atoms with Gasteiger partial charge in [-0.2, -0.15) is 0 Å².